The van der Waals surface area contributed by atoms with Crippen molar-refractivity contribution in [3.63, 3.8) is 0 Å². The molecule has 2 rings (SSSR count). The summed E-state index contributed by atoms with van der Waals surface area (Å²) in [7, 11) is 0. The molecule has 0 unspecified atom stereocenters. The summed E-state index contributed by atoms with van der Waals surface area (Å²) in [4.78, 5) is 27.4. The molecule has 2 amide bonds. The van der Waals surface area contributed by atoms with Crippen LogP contribution in [0.25, 0.3) is 0 Å². The summed E-state index contributed by atoms with van der Waals surface area (Å²) in [6, 6.07) is 12.0. The van der Waals surface area contributed by atoms with Crippen LogP contribution < -0.4 is 20.3 Å². The molecular weight excluding hydrogens is 310 g/mol. The second kappa shape index (κ2) is 9.14. The molecule has 0 aliphatic rings. The molecule has 24 heavy (non-hydrogen) atoms. The zero-order valence-corrected chi connectivity index (χ0v) is 13.3. The topological polar surface area (TPSA) is 89.5 Å². The molecular formula is C17H19N3O4. The van der Waals surface area contributed by atoms with Crippen molar-refractivity contribution < 1.29 is 19.1 Å². The van der Waals surface area contributed by atoms with E-state index in [1.54, 1.807) is 36.4 Å². The molecule has 7 heteroatoms. The van der Waals surface area contributed by atoms with Crippen LogP contribution in [0.15, 0.2) is 48.7 Å². The first-order valence-electron chi connectivity index (χ1n) is 7.55. The Morgan fingerprint density at radius 1 is 1.00 bits per heavy atom. The molecule has 0 radical (unpaired) electrons. The van der Waals surface area contributed by atoms with E-state index in [-0.39, 0.29) is 12.3 Å². The molecule has 0 spiro atoms. The van der Waals surface area contributed by atoms with Crippen molar-refractivity contribution in [2.45, 2.75) is 13.3 Å². The lowest BCUT2D eigenvalue weighted by Crippen LogP contribution is -2.44. The average Bonchev–Trinajstić information content (AvgIpc) is 2.64. The first-order valence-corrected chi connectivity index (χ1v) is 7.55. The lowest BCUT2D eigenvalue weighted by atomic mass is 10.3. The molecule has 2 aromatic rings. The number of carbonyl (C=O) groups excluding carboxylic acids is 2. The van der Waals surface area contributed by atoms with Crippen molar-refractivity contribution in [2.24, 2.45) is 0 Å². The van der Waals surface area contributed by atoms with E-state index in [0.717, 1.165) is 6.42 Å². The van der Waals surface area contributed by atoms with Crippen LogP contribution in [-0.2, 0) is 4.79 Å². The van der Waals surface area contributed by atoms with Crippen molar-refractivity contribution in [1.29, 1.82) is 0 Å². The van der Waals surface area contributed by atoms with E-state index < -0.39 is 11.8 Å². The Balaban J connectivity index is 1.80. The summed E-state index contributed by atoms with van der Waals surface area (Å²) >= 11 is 0. The van der Waals surface area contributed by atoms with Gasteiger partial charge in [0.2, 0.25) is 0 Å². The Kier molecular flexibility index (Phi) is 6.58. The third kappa shape index (κ3) is 5.28. The van der Waals surface area contributed by atoms with Gasteiger partial charge in [-0.2, -0.15) is 0 Å². The van der Waals surface area contributed by atoms with Crippen LogP contribution in [0.4, 0.5) is 0 Å². The van der Waals surface area contributed by atoms with E-state index in [4.69, 9.17) is 9.47 Å². The average molecular weight is 329 g/mol. The Labute approximate surface area is 140 Å². The number of nitrogens with one attached hydrogen (secondary N) is 2. The number of aromatic nitrogens is 1. The van der Waals surface area contributed by atoms with Gasteiger partial charge in [0.15, 0.2) is 18.1 Å². The van der Waals surface area contributed by atoms with Crippen LogP contribution in [0.5, 0.6) is 11.5 Å². The zero-order valence-electron chi connectivity index (χ0n) is 13.3. The number of carbonyl (C=O) groups is 2. The third-order valence-electron chi connectivity index (χ3n) is 2.88. The van der Waals surface area contributed by atoms with E-state index in [9.17, 15) is 9.59 Å². The summed E-state index contributed by atoms with van der Waals surface area (Å²) in [5.74, 6) is 0.0435. The number of amides is 2. The Morgan fingerprint density at radius 2 is 1.71 bits per heavy atom. The number of pyridine rings is 1. The summed E-state index contributed by atoms with van der Waals surface area (Å²) in [6.07, 6.45) is 2.36. The highest BCUT2D eigenvalue weighted by atomic mass is 16.5. The quantitative estimate of drug-likeness (QED) is 0.755. The van der Waals surface area contributed by atoms with E-state index in [1.165, 1.54) is 6.20 Å². The molecule has 2 N–H and O–H groups in total. The van der Waals surface area contributed by atoms with Crippen LogP contribution in [-0.4, -0.2) is 30.0 Å². The van der Waals surface area contributed by atoms with Gasteiger partial charge in [0.25, 0.3) is 11.8 Å². The molecule has 0 saturated carbocycles. The van der Waals surface area contributed by atoms with E-state index in [2.05, 4.69) is 15.8 Å². The van der Waals surface area contributed by atoms with Crippen LogP contribution in [0.2, 0.25) is 0 Å². The summed E-state index contributed by atoms with van der Waals surface area (Å²) in [5.41, 5.74) is 4.75. The predicted molar refractivity (Wildman–Crippen MR) is 87.6 cm³/mol. The number of nitrogens with zero attached hydrogens (tertiary/aromatic N) is 1. The van der Waals surface area contributed by atoms with Crippen LogP contribution in [0.1, 0.15) is 23.8 Å². The monoisotopic (exact) mass is 329 g/mol. The number of hydrazine groups is 1. The lowest BCUT2D eigenvalue weighted by Gasteiger charge is -2.12. The van der Waals surface area contributed by atoms with Gasteiger partial charge in [0, 0.05) is 6.20 Å². The first kappa shape index (κ1) is 17.3. The molecule has 126 valence electrons. The van der Waals surface area contributed by atoms with E-state index in [1.807, 2.05) is 13.0 Å². The lowest BCUT2D eigenvalue weighted by molar-refractivity contribution is -0.123. The fourth-order valence-electron chi connectivity index (χ4n) is 1.77. The molecule has 1 aromatic carbocycles. The molecule has 0 fully saturated rings. The van der Waals surface area contributed by atoms with E-state index in [0.29, 0.717) is 18.1 Å². The molecule has 0 aliphatic carbocycles. The second-order valence-corrected chi connectivity index (χ2v) is 4.80. The number of hydrogen-bond acceptors (Lipinski definition) is 5. The van der Waals surface area contributed by atoms with Crippen LogP contribution in [0.3, 0.4) is 0 Å². The van der Waals surface area contributed by atoms with Gasteiger partial charge in [-0.25, -0.2) is 0 Å². The SMILES string of the molecule is CCCOc1ccccc1OCC(=O)NNC(=O)c1ccccn1. The van der Waals surface area contributed by atoms with Gasteiger partial charge in [-0.3, -0.25) is 25.4 Å². The molecule has 0 atom stereocenters. The van der Waals surface area contributed by atoms with Crippen LogP contribution >= 0.6 is 0 Å². The predicted octanol–water partition coefficient (Wildman–Crippen LogP) is 1.71. The highest BCUT2D eigenvalue weighted by Gasteiger charge is 2.10. The first-order chi connectivity index (χ1) is 11.7. The fourth-order valence-corrected chi connectivity index (χ4v) is 1.77. The zero-order chi connectivity index (χ0) is 17.2. The molecule has 0 aliphatic heterocycles. The number of ether oxygens (including phenoxy) is 2. The Hall–Kier alpha value is -3.09. The van der Waals surface area contributed by atoms with Gasteiger partial charge in [-0.05, 0) is 30.7 Å². The van der Waals surface area contributed by atoms with Gasteiger partial charge < -0.3 is 9.47 Å². The van der Waals surface area contributed by atoms with Crippen LogP contribution in [0, 0.1) is 0 Å². The van der Waals surface area contributed by atoms with Gasteiger partial charge in [0.05, 0.1) is 6.61 Å². The molecule has 0 saturated heterocycles. The summed E-state index contributed by atoms with van der Waals surface area (Å²) < 4.78 is 11.0. The fraction of sp³-hybridized carbons (Fsp3) is 0.235. The number of benzene rings is 1. The number of para-hydroxylation sites is 2. The van der Waals surface area contributed by atoms with E-state index >= 15 is 0 Å². The van der Waals surface area contributed by atoms with Crippen molar-refractivity contribution in [1.82, 2.24) is 15.8 Å². The minimum Gasteiger partial charge on any atom is -0.490 e. The number of rotatable bonds is 7. The largest absolute Gasteiger partial charge is 0.490 e. The molecule has 1 heterocycles. The van der Waals surface area contributed by atoms with Crippen molar-refractivity contribution in [2.75, 3.05) is 13.2 Å². The summed E-state index contributed by atoms with van der Waals surface area (Å²) in [6.45, 7) is 2.31. The maximum Gasteiger partial charge on any atom is 0.288 e. The minimum absolute atomic E-state index is 0.206. The van der Waals surface area contributed by atoms with Crippen molar-refractivity contribution in [3.8, 4) is 11.5 Å². The smallest absolute Gasteiger partial charge is 0.288 e. The van der Waals surface area contributed by atoms with Crippen molar-refractivity contribution >= 4 is 11.8 Å². The Morgan fingerprint density at radius 3 is 2.38 bits per heavy atom. The van der Waals surface area contributed by atoms with Gasteiger partial charge in [-0.1, -0.05) is 25.1 Å². The number of hydrogen-bond donors (Lipinski definition) is 2. The maximum absolute atomic E-state index is 11.8. The van der Waals surface area contributed by atoms with Crippen molar-refractivity contribution in [3.05, 3.63) is 54.4 Å². The molecule has 7 nitrogen and oxygen atoms in total. The third-order valence-corrected chi connectivity index (χ3v) is 2.88. The van der Waals surface area contributed by atoms with Gasteiger partial charge in [-0.15, -0.1) is 0 Å². The maximum atomic E-state index is 11.8. The molecule has 0 bridgehead atoms. The standard InChI is InChI=1S/C17H19N3O4/c1-2-11-23-14-8-3-4-9-15(14)24-12-16(21)19-20-17(22)13-7-5-6-10-18-13/h3-10H,2,11-12H2,1H3,(H,19,21)(H,20,22). The second-order valence-electron chi connectivity index (χ2n) is 4.80. The van der Waals surface area contributed by atoms with Gasteiger partial charge in [0.1, 0.15) is 5.69 Å². The van der Waals surface area contributed by atoms with Gasteiger partial charge >= 0.3 is 0 Å². The highest BCUT2D eigenvalue weighted by Crippen LogP contribution is 2.26. The summed E-state index contributed by atoms with van der Waals surface area (Å²) in [5, 5.41) is 0. The normalized spacial score (nSPS) is 9.88. The molecule has 1 aromatic heterocycles. The Bertz CT molecular complexity index is 677. The minimum atomic E-state index is -0.504. The highest BCUT2D eigenvalue weighted by molar-refractivity contribution is 5.93.